The standard InChI is InChI=1S/C29H23N5O2S/c35-37(36,23-17-15-22(16-18-23)30-19-20-9-3-1-4-10-20)34-29-32-27(21-11-5-2-6-12-21)26-24-13-7-8-14-25(24)31-28(26)33-29/h1-19,27,31H,(H2,32,33,34)/t27-/m1/s1. The fourth-order valence-electron chi connectivity index (χ4n) is 4.40. The van der Waals surface area contributed by atoms with E-state index in [1.807, 2.05) is 84.9 Å². The van der Waals surface area contributed by atoms with E-state index in [2.05, 4.69) is 20.0 Å². The third-order valence-corrected chi connectivity index (χ3v) is 7.53. The van der Waals surface area contributed by atoms with Gasteiger partial charge >= 0.3 is 0 Å². The maximum Gasteiger partial charge on any atom is 0.264 e. The summed E-state index contributed by atoms with van der Waals surface area (Å²) in [5.41, 5.74) is 4.51. The van der Waals surface area contributed by atoms with Crippen molar-refractivity contribution in [2.24, 2.45) is 9.98 Å². The van der Waals surface area contributed by atoms with Gasteiger partial charge in [-0.1, -0.05) is 78.9 Å². The third kappa shape index (κ3) is 4.62. The maximum absolute atomic E-state index is 13.2. The molecule has 6 rings (SSSR count). The van der Waals surface area contributed by atoms with Gasteiger partial charge in [-0.2, -0.15) is 0 Å². The molecule has 4 aromatic carbocycles. The molecule has 8 heteroatoms. The second kappa shape index (κ2) is 9.40. The molecular formula is C29H23N5O2S. The Hall–Kier alpha value is -4.69. The quantitative estimate of drug-likeness (QED) is 0.265. The lowest BCUT2D eigenvalue weighted by atomic mass is 9.97. The van der Waals surface area contributed by atoms with Crippen LogP contribution in [0.25, 0.3) is 10.9 Å². The van der Waals surface area contributed by atoms with Gasteiger partial charge < -0.3 is 10.3 Å². The van der Waals surface area contributed by atoms with E-state index in [0.29, 0.717) is 11.5 Å². The van der Waals surface area contributed by atoms with Crippen molar-refractivity contribution < 1.29 is 8.42 Å². The number of guanidine groups is 1. The number of aromatic nitrogens is 1. The van der Waals surface area contributed by atoms with E-state index in [4.69, 9.17) is 4.99 Å². The molecular weight excluding hydrogens is 482 g/mol. The predicted octanol–water partition coefficient (Wildman–Crippen LogP) is 5.77. The Bertz CT molecular complexity index is 1730. The number of sulfonamides is 1. The van der Waals surface area contributed by atoms with Crippen molar-refractivity contribution in [2.45, 2.75) is 10.9 Å². The summed E-state index contributed by atoms with van der Waals surface area (Å²) >= 11 is 0. The minimum absolute atomic E-state index is 0.120. The van der Waals surface area contributed by atoms with Crippen molar-refractivity contribution in [3.8, 4) is 0 Å². The fourth-order valence-corrected chi connectivity index (χ4v) is 5.38. The number of anilines is 1. The van der Waals surface area contributed by atoms with Gasteiger partial charge in [0.2, 0.25) is 5.96 Å². The Morgan fingerprint density at radius 3 is 2.24 bits per heavy atom. The summed E-state index contributed by atoms with van der Waals surface area (Å²) in [4.78, 5) is 12.7. The molecule has 0 saturated heterocycles. The van der Waals surface area contributed by atoms with Gasteiger partial charge in [-0.05, 0) is 41.5 Å². The number of benzene rings is 4. The second-order valence-corrected chi connectivity index (χ2v) is 10.3. The molecule has 0 saturated carbocycles. The van der Waals surface area contributed by atoms with E-state index in [1.165, 1.54) is 12.1 Å². The highest BCUT2D eigenvalue weighted by atomic mass is 32.2. The first kappa shape index (κ1) is 22.8. The van der Waals surface area contributed by atoms with Crippen LogP contribution >= 0.6 is 0 Å². The van der Waals surface area contributed by atoms with Gasteiger partial charge in [-0.25, -0.2) is 18.1 Å². The lowest BCUT2D eigenvalue weighted by molar-refractivity contribution is 0.592. The van der Waals surface area contributed by atoms with Crippen molar-refractivity contribution in [1.82, 2.24) is 9.71 Å². The summed E-state index contributed by atoms with van der Waals surface area (Å²) in [5, 5.41) is 4.18. The molecule has 0 aliphatic carbocycles. The van der Waals surface area contributed by atoms with Crippen LogP contribution in [-0.2, 0) is 10.0 Å². The minimum Gasteiger partial charge on any atom is -0.341 e. The van der Waals surface area contributed by atoms with Crippen LogP contribution < -0.4 is 10.0 Å². The number of para-hydroxylation sites is 1. The number of nitrogens with one attached hydrogen (secondary N) is 3. The van der Waals surface area contributed by atoms with Crippen LogP contribution in [0, 0.1) is 0 Å². The number of fused-ring (bicyclic) bond motifs is 3. The predicted molar refractivity (Wildman–Crippen MR) is 148 cm³/mol. The number of hydrogen-bond donors (Lipinski definition) is 3. The van der Waals surface area contributed by atoms with Crippen LogP contribution in [0.2, 0.25) is 0 Å². The molecule has 1 aliphatic heterocycles. The SMILES string of the molecule is O=S(=O)(NC1=N[C@H](c2ccccc2)c2c([nH]c3ccccc23)N1)c1ccc(N=Cc2ccccc2)cc1. The van der Waals surface area contributed by atoms with Gasteiger partial charge in [0.25, 0.3) is 10.0 Å². The Morgan fingerprint density at radius 1 is 0.811 bits per heavy atom. The molecule has 0 spiro atoms. The molecule has 5 aromatic rings. The largest absolute Gasteiger partial charge is 0.341 e. The van der Waals surface area contributed by atoms with Crippen molar-refractivity contribution in [1.29, 1.82) is 0 Å². The molecule has 1 aromatic heterocycles. The summed E-state index contributed by atoms with van der Waals surface area (Å²) < 4.78 is 29.1. The Balaban J connectivity index is 1.29. The first-order chi connectivity index (χ1) is 18.1. The van der Waals surface area contributed by atoms with E-state index in [-0.39, 0.29) is 16.9 Å². The highest BCUT2D eigenvalue weighted by molar-refractivity contribution is 7.90. The Labute approximate surface area is 214 Å². The number of aromatic amines is 1. The van der Waals surface area contributed by atoms with Gasteiger partial charge in [-0.3, -0.25) is 4.99 Å². The molecule has 1 atom stereocenters. The summed E-state index contributed by atoms with van der Waals surface area (Å²) in [6.07, 6.45) is 1.74. The number of hydrogen-bond acceptors (Lipinski definition) is 5. The van der Waals surface area contributed by atoms with Crippen LogP contribution in [0.5, 0.6) is 0 Å². The average molecular weight is 506 g/mol. The molecule has 7 nitrogen and oxygen atoms in total. The number of rotatable bonds is 5. The maximum atomic E-state index is 13.2. The smallest absolute Gasteiger partial charge is 0.264 e. The monoisotopic (exact) mass is 505 g/mol. The molecule has 0 fully saturated rings. The van der Waals surface area contributed by atoms with Crippen LogP contribution in [0.3, 0.4) is 0 Å². The van der Waals surface area contributed by atoms with Gasteiger partial charge in [0, 0.05) is 22.7 Å². The van der Waals surface area contributed by atoms with Crippen molar-refractivity contribution in [3.05, 3.63) is 126 Å². The van der Waals surface area contributed by atoms with Gasteiger partial charge in [0.15, 0.2) is 0 Å². The first-order valence-corrected chi connectivity index (χ1v) is 13.3. The van der Waals surface area contributed by atoms with Crippen LogP contribution in [0.1, 0.15) is 22.7 Å². The van der Waals surface area contributed by atoms with Crippen molar-refractivity contribution in [3.63, 3.8) is 0 Å². The molecule has 0 bridgehead atoms. The molecule has 0 amide bonds. The first-order valence-electron chi connectivity index (χ1n) is 11.8. The van der Waals surface area contributed by atoms with Crippen LogP contribution in [-0.4, -0.2) is 25.6 Å². The zero-order valence-corrected chi connectivity index (χ0v) is 20.5. The summed E-state index contributed by atoms with van der Waals surface area (Å²) in [5.74, 6) is 0.868. The van der Waals surface area contributed by atoms with E-state index in [1.54, 1.807) is 18.3 Å². The summed E-state index contributed by atoms with van der Waals surface area (Å²) in [6.45, 7) is 0. The zero-order valence-electron chi connectivity index (χ0n) is 19.7. The van der Waals surface area contributed by atoms with Gasteiger partial charge in [0.1, 0.15) is 11.9 Å². The molecule has 37 heavy (non-hydrogen) atoms. The number of nitrogens with zero attached hydrogens (tertiary/aromatic N) is 2. The molecule has 3 N–H and O–H groups in total. The summed E-state index contributed by atoms with van der Waals surface area (Å²) in [6, 6.07) is 33.6. The number of H-pyrrole nitrogens is 1. The van der Waals surface area contributed by atoms with E-state index < -0.39 is 10.0 Å². The lowest BCUT2D eigenvalue weighted by Gasteiger charge is -2.23. The fraction of sp³-hybridized carbons (Fsp3) is 0.0345. The van der Waals surface area contributed by atoms with Gasteiger partial charge in [0.05, 0.1) is 10.6 Å². The second-order valence-electron chi connectivity index (χ2n) is 8.64. The Morgan fingerprint density at radius 2 is 1.49 bits per heavy atom. The molecule has 182 valence electrons. The van der Waals surface area contributed by atoms with Crippen LogP contribution in [0.15, 0.2) is 124 Å². The van der Waals surface area contributed by atoms with E-state index in [0.717, 1.165) is 27.6 Å². The third-order valence-electron chi connectivity index (χ3n) is 6.18. The highest BCUT2D eigenvalue weighted by Gasteiger charge is 2.29. The lowest BCUT2D eigenvalue weighted by Crippen LogP contribution is -2.38. The normalized spacial score (nSPS) is 15.2. The van der Waals surface area contributed by atoms with Crippen molar-refractivity contribution in [2.75, 3.05) is 5.32 Å². The molecule has 0 radical (unpaired) electrons. The molecule has 2 heterocycles. The molecule has 0 unspecified atom stereocenters. The van der Waals surface area contributed by atoms with E-state index >= 15 is 0 Å². The van der Waals surface area contributed by atoms with E-state index in [9.17, 15) is 8.42 Å². The highest BCUT2D eigenvalue weighted by Crippen LogP contribution is 2.39. The van der Waals surface area contributed by atoms with Crippen LogP contribution in [0.4, 0.5) is 11.5 Å². The average Bonchev–Trinajstić information content (AvgIpc) is 3.31. The zero-order chi connectivity index (χ0) is 25.2. The Kier molecular flexibility index (Phi) is 5.78. The molecule has 1 aliphatic rings. The topological polar surface area (TPSA) is 98.7 Å². The van der Waals surface area contributed by atoms with Crippen molar-refractivity contribution >= 4 is 44.6 Å². The van der Waals surface area contributed by atoms with Gasteiger partial charge in [-0.15, -0.1) is 0 Å². The summed E-state index contributed by atoms with van der Waals surface area (Å²) in [7, 11) is -3.89. The minimum atomic E-state index is -3.89. The number of aliphatic imine (C=N–C) groups is 2.